The molecule has 0 fully saturated rings. The maximum Gasteiger partial charge on any atom is 0.143 e. The maximum absolute atomic E-state index is 6.65. The van der Waals surface area contributed by atoms with E-state index in [1.165, 1.54) is 48.8 Å². The zero-order valence-corrected chi connectivity index (χ0v) is 26.1. The number of hydrogen-bond donors (Lipinski definition) is 0. The SMILES string of the molecule is c1ccc(-c2ccc(N(c3ccc4c(c3)oc3c5ccccc5ccc43)c3ccc4ccc5c6ccccc6ccc5c4c3)cc2)cc1. The maximum atomic E-state index is 6.65. The normalized spacial score (nSPS) is 11.8. The number of furan rings is 1. The lowest BCUT2D eigenvalue weighted by Crippen LogP contribution is -2.09. The summed E-state index contributed by atoms with van der Waals surface area (Å²) in [4.78, 5) is 2.35. The molecule has 0 amide bonds. The summed E-state index contributed by atoms with van der Waals surface area (Å²) < 4.78 is 6.65. The van der Waals surface area contributed by atoms with Crippen LogP contribution in [0.25, 0.3) is 76.2 Å². The molecule has 0 unspecified atom stereocenters. The molecule has 1 aromatic heterocycles. The lowest BCUT2D eigenvalue weighted by atomic mass is 9.96. The molecule has 0 saturated carbocycles. The van der Waals surface area contributed by atoms with Crippen LogP contribution in [0.1, 0.15) is 0 Å². The van der Waals surface area contributed by atoms with Crippen LogP contribution in [0.15, 0.2) is 180 Å². The Kier molecular flexibility index (Phi) is 5.91. The highest BCUT2D eigenvalue weighted by molar-refractivity contribution is 6.18. The molecule has 1 heterocycles. The minimum Gasteiger partial charge on any atom is -0.455 e. The molecule has 10 rings (SSSR count). The second-order valence-corrected chi connectivity index (χ2v) is 12.5. The van der Waals surface area contributed by atoms with Gasteiger partial charge >= 0.3 is 0 Å². The molecule has 9 aromatic carbocycles. The second kappa shape index (κ2) is 10.6. The third-order valence-electron chi connectivity index (χ3n) is 9.82. The van der Waals surface area contributed by atoms with Crippen molar-refractivity contribution in [3.63, 3.8) is 0 Å². The summed E-state index contributed by atoms with van der Waals surface area (Å²) in [6.45, 7) is 0. The summed E-state index contributed by atoms with van der Waals surface area (Å²) >= 11 is 0. The highest BCUT2D eigenvalue weighted by Crippen LogP contribution is 2.42. The van der Waals surface area contributed by atoms with E-state index in [2.05, 4.69) is 181 Å². The van der Waals surface area contributed by atoms with E-state index < -0.39 is 0 Å². The number of hydrogen-bond acceptors (Lipinski definition) is 2. The molecular weight excluding hydrogens is 583 g/mol. The molecule has 0 bridgehead atoms. The molecule has 0 aliphatic heterocycles. The van der Waals surface area contributed by atoms with Crippen LogP contribution < -0.4 is 4.90 Å². The number of anilines is 3. The van der Waals surface area contributed by atoms with E-state index >= 15 is 0 Å². The lowest BCUT2D eigenvalue weighted by Gasteiger charge is -2.26. The molecule has 10 aromatic rings. The number of benzene rings is 9. The van der Waals surface area contributed by atoms with Crippen LogP contribution in [-0.4, -0.2) is 0 Å². The van der Waals surface area contributed by atoms with Gasteiger partial charge < -0.3 is 9.32 Å². The zero-order chi connectivity index (χ0) is 31.6. The second-order valence-electron chi connectivity index (χ2n) is 12.5. The molecule has 0 aliphatic rings. The molecule has 0 atom stereocenters. The molecule has 0 saturated heterocycles. The van der Waals surface area contributed by atoms with Crippen molar-refractivity contribution in [1.29, 1.82) is 0 Å². The van der Waals surface area contributed by atoms with Crippen LogP contribution >= 0.6 is 0 Å². The Balaban J connectivity index is 1.19. The molecule has 2 nitrogen and oxygen atoms in total. The van der Waals surface area contributed by atoms with E-state index in [4.69, 9.17) is 4.42 Å². The molecule has 0 spiro atoms. The van der Waals surface area contributed by atoms with Gasteiger partial charge in [0.05, 0.1) is 0 Å². The third-order valence-corrected chi connectivity index (χ3v) is 9.82. The van der Waals surface area contributed by atoms with Gasteiger partial charge in [0, 0.05) is 39.3 Å². The van der Waals surface area contributed by atoms with E-state index in [0.717, 1.165) is 44.4 Å². The topological polar surface area (TPSA) is 16.4 Å². The summed E-state index contributed by atoms with van der Waals surface area (Å²) in [6, 6.07) is 63.3. The molecule has 48 heavy (non-hydrogen) atoms. The summed E-state index contributed by atoms with van der Waals surface area (Å²) in [5.74, 6) is 0. The Morgan fingerprint density at radius 2 is 0.833 bits per heavy atom. The van der Waals surface area contributed by atoms with Gasteiger partial charge in [-0.05, 0) is 91.3 Å². The largest absolute Gasteiger partial charge is 0.455 e. The van der Waals surface area contributed by atoms with Crippen LogP contribution in [0.2, 0.25) is 0 Å². The van der Waals surface area contributed by atoms with Gasteiger partial charge in [-0.2, -0.15) is 0 Å². The predicted octanol–water partition coefficient (Wildman–Crippen LogP) is 13.3. The predicted molar refractivity (Wildman–Crippen MR) is 204 cm³/mol. The average Bonchev–Trinajstić information content (AvgIpc) is 3.54. The Morgan fingerprint density at radius 3 is 1.62 bits per heavy atom. The van der Waals surface area contributed by atoms with Crippen molar-refractivity contribution in [2.45, 2.75) is 0 Å². The van der Waals surface area contributed by atoms with Crippen LogP contribution in [0.5, 0.6) is 0 Å². The minimum atomic E-state index is 0.877. The van der Waals surface area contributed by atoms with Gasteiger partial charge in [-0.1, -0.05) is 127 Å². The summed E-state index contributed by atoms with van der Waals surface area (Å²) in [6.07, 6.45) is 0. The summed E-state index contributed by atoms with van der Waals surface area (Å²) in [7, 11) is 0. The fraction of sp³-hybridized carbons (Fsp3) is 0. The number of rotatable bonds is 4. The first-order valence-corrected chi connectivity index (χ1v) is 16.4. The first kappa shape index (κ1) is 26.8. The quantitative estimate of drug-likeness (QED) is 0.184. The molecule has 2 heteroatoms. The van der Waals surface area contributed by atoms with E-state index in [-0.39, 0.29) is 0 Å². The average molecular weight is 612 g/mol. The smallest absolute Gasteiger partial charge is 0.143 e. The van der Waals surface area contributed by atoms with Crippen molar-refractivity contribution >= 4 is 82.1 Å². The van der Waals surface area contributed by atoms with Gasteiger partial charge in [0.15, 0.2) is 0 Å². The van der Waals surface area contributed by atoms with Gasteiger partial charge in [-0.25, -0.2) is 0 Å². The Morgan fingerprint density at radius 1 is 0.312 bits per heavy atom. The van der Waals surface area contributed by atoms with Crippen molar-refractivity contribution in [2.75, 3.05) is 4.90 Å². The minimum absolute atomic E-state index is 0.877. The van der Waals surface area contributed by atoms with Crippen molar-refractivity contribution < 1.29 is 4.42 Å². The van der Waals surface area contributed by atoms with E-state index in [9.17, 15) is 0 Å². The molecule has 0 aliphatic carbocycles. The van der Waals surface area contributed by atoms with E-state index in [1.54, 1.807) is 0 Å². The Labute approximate surface area is 277 Å². The molecule has 0 N–H and O–H groups in total. The van der Waals surface area contributed by atoms with Crippen LogP contribution in [0.3, 0.4) is 0 Å². The van der Waals surface area contributed by atoms with Gasteiger partial charge in [0.1, 0.15) is 11.2 Å². The van der Waals surface area contributed by atoms with Gasteiger partial charge in [-0.15, -0.1) is 0 Å². The van der Waals surface area contributed by atoms with Crippen molar-refractivity contribution in [1.82, 2.24) is 0 Å². The number of nitrogens with zero attached hydrogens (tertiary/aromatic N) is 1. The monoisotopic (exact) mass is 611 g/mol. The van der Waals surface area contributed by atoms with Gasteiger partial charge in [-0.3, -0.25) is 0 Å². The fourth-order valence-corrected chi connectivity index (χ4v) is 7.46. The Hall–Kier alpha value is -6.38. The van der Waals surface area contributed by atoms with Crippen LogP contribution in [0, 0.1) is 0 Å². The van der Waals surface area contributed by atoms with Crippen LogP contribution in [-0.2, 0) is 0 Å². The molecular formula is C46H29NO. The first-order chi connectivity index (χ1) is 23.8. The first-order valence-electron chi connectivity index (χ1n) is 16.4. The van der Waals surface area contributed by atoms with Gasteiger partial charge in [0.2, 0.25) is 0 Å². The zero-order valence-electron chi connectivity index (χ0n) is 26.1. The fourth-order valence-electron chi connectivity index (χ4n) is 7.46. The lowest BCUT2D eigenvalue weighted by molar-refractivity contribution is 0.672. The summed E-state index contributed by atoms with van der Waals surface area (Å²) in [5, 5.41) is 12.1. The van der Waals surface area contributed by atoms with E-state index in [0.29, 0.717) is 0 Å². The van der Waals surface area contributed by atoms with Crippen molar-refractivity contribution in [3.05, 3.63) is 176 Å². The highest BCUT2D eigenvalue weighted by Gasteiger charge is 2.18. The van der Waals surface area contributed by atoms with Crippen molar-refractivity contribution in [2.24, 2.45) is 0 Å². The standard InChI is InChI=1S/C46H29NO/c1-2-8-30(9-3-1)31-14-20-35(21-15-31)47(37-23-27-42-43-26-19-33-11-5-7-13-39(33)46(43)48-45(42)29-37)36-22-16-34-18-24-40-38-12-6-4-10-32(38)17-25-41(40)44(34)28-36/h1-29H. The Bertz CT molecular complexity index is 2830. The van der Waals surface area contributed by atoms with Crippen molar-refractivity contribution in [3.8, 4) is 11.1 Å². The molecule has 0 radical (unpaired) electrons. The number of fused-ring (bicyclic) bond motifs is 10. The molecule has 224 valence electrons. The van der Waals surface area contributed by atoms with Gasteiger partial charge in [0.25, 0.3) is 0 Å². The summed E-state index contributed by atoms with van der Waals surface area (Å²) in [5.41, 5.74) is 7.43. The van der Waals surface area contributed by atoms with Crippen LogP contribution in [0.4, 0.5) is 17.1 Å². The van der Waals surface area contributed by atoms with E-state index in [1.807, 2.05) is 0 Å². The third kappa shape index (κ3) is 4.20. The highest BCUT2D eigenvalue weighted by atomic mass is 16.3.